The molecular formula is C21H22N4O5. The van der Waals surface area contributed by atoms with Crippen molar-refractivity contribution in [2.45, 2.75) is 32.6 Å². The number of carbonyl (C=O) groups excluding carboxylic acids is 2. The molecule has 0 atom stereocenters. The van der Waals surface area contributed by atoms with Crippen molar-refractivity contribution < 1.29 is 23.9 Å². The van der Waals surface area contributed by atoms with Gasteiger partial charge in [0.15, 0.2) is 5.69 Å². The van der Waals surface area contributed by atoms with Crippen LogP contribution in [-0.4, -0.2) is 32.9 Å². The Labute approximate surface area is 172 Å². The lowest BCUT2D eigenvalue weighted by Gasteiger charge is -2.19. The van der Waals surface area contributed by atoms with Crippen LogP contribution < -0.4 is 11.1 Å². The molecule has 0 aliphatic heterocycles. The monoisotopic (exact) mass is 410 g/mol. The first-order valence-electron chi connectivity index (χ1n) is 9.17. The molecule has 2 heterocycles. The number of benzene rings is 1. The Morgan fingerprint density at radius 3 is 2.33 bits per heavy atom. The molecule has 0 aliphatic carbocycles. The molecule has 9 heteroatoms. The van der Waals surface area contributed by atoms with E-state index in [1.54, 1.807) is 12.1 Å². The van der Waals surface area contributed by atoms with Crippen LogP contribution in [0, 0.1) is 0 Å². The van der Waals surface area contributed by atoms with E-state index in [4.69, 9.17) is 15.3 Å². The van der Waals surface area contributed by atoms with E-state index in [0.29, 0.717) is 11.3 Å². The minimum absolute atomic E-state index is 0.0429. The number of H-pyrrole nitrogens is 1. The predicted molar refractivity (Wildman–Crippen MR) is 109 cm³/mol. The van der Waals surface area contributed by atoms with Crippen LogP contribution in [0.25, 0.3) is 0 Å². The predicted octanol–water partition coefficient (Wildman–Crippen LogP) is 2.94. The lowest BCUT2D eigenvalue weighted by Crippen LogP contribution is -2.18. The van der Waals surface area contributed by atoms with Gasteiger partial charge in [-0.3, -0.25) is 9.59 Å². The van der Waals surface area contributed by atoms with E-state index < -0.39 is 17.8 Å². The molecule has 5 N–H and O–H groups in total. The first-order valence-corrected chi connectivity index (χ1v) is 9.17. The highest BCUT2D eigenvalue weighted by Crippen LogP contribution is 2.23. The highest BCUT2D eigenvalue weighted by atomic mass is 16.4. The second kappa shape index (κ2) is 7.86. The number of nitrogens with two attached hydrogens (primary N) is 1. The number of imidazole rings is 1. The van der Waals surface area contributed by atoms with Crippen molar-refractivity contribution in [3.8, 4) is 0 Å². The van der Waals surface area contributed by atoms with E-state index in [1.165, 1.54) is 12.1 Å². The number of aromatic amines is 1. The number of aromatic nitrogens is 2. The van der Waals surface area contributed by atoms with Gasteiger partial charge >= 0.3 is 5.97 Å². The van der Waals surface area contributed by atoms with Crippen molar-refractivity contribution >= 4 is 23.6 Å². The maximum absolute atomic E-state index is 12.6. The summed E-state index contributed by atoms with van der Waals surface area (Å²) >= 11 is 0. The zero-order valence-electron chi connectivity index (χ0n) is 16.8. The number of furan rings is 1. The number of hydrogen-bond acceptors (Lipinski definition) is 5. The molecule has 0 saturated heterocycles. The fraction of sp³-hybridized carbons (Fsp3) is 0.238. The van der Waals surface area contributed by atoms with Crippen molar-refractivity contribution in [2.24, 2.45) is 5.73 Å². The fourth-order valence-electron chi connectivity index (χ4n) is 2.83. The number of carbonyl (C=O) groups is 3. The maximum Gasteiger partial charge on any atom is 0.371 e. The summed E-state index contributed by atoms with van der Waals surface area (Å²) in [6.07, 6.45) is 0.0870. The van der Waals surface area contributed by atoms with Gasteiger partial charge in [0, 0.05) is 5.56 Å². The van der Waals surface area contributed by atoms with Crippen molar-refractivity contribution in [1.82, 2.24) is 9.97 Å². The average Bonchev–Trinajstić information content (AvgIpc) is 3.28. The Hall–Kier alpha value is -3.88. The number of hydrogen-bond donors (Lipinski definition) is 4. The zero-order chi connectivity index (χ0) is 22.1. The minimum Gasteiger partial charge on any atom is -0.475 e. The van der Waals surface area contributed by atoms with Gasteiger partial charge in [-0.2, -0.15) is 0 Å². The molecule has 0 aliphatic rings. The molecule has 3 rings (SSSR count). The molecule has 0 saturated carbocycles. The van der Waals surface area contributed by atoms with Crippen LogP contribution in [0.4, 0.5) is 5.82 Å². The van der Waals surface area contributed by atoms with Crippen LogP contribution in [0.1, 0.15) is 69.3 Å². The van der Waals surface area contributed by atoms with E-state index in [2.05, 4.69) is 36.1 Å². The number of anilines is 1. The number of nitrogens with one attached hydrogen (secondary N) is 2. The van der Waals surface area contributed by atoms with Crippen LogP contribution in [0.15, 0.2) is 40.8 Å². The number of carboxylic acids is 1. The van der Waals surface area contributed by atoms with E-state index in [9.17, 15) is 14.4 Å². The molecule has 2 aromatic heterocycles. The van der Waals surface area contributed by atoms with Gasteiger partial charge in [0.2, 0.25) is 5.76 Å². The quantitative estimate of drug-likeness (QED) is 0.490. The largest absolute Gasteiger partial charge is 0.475 e. The van der Waals surface area contributed by atoms with Gasteiger partial charge in [0.1, 0.15) is 17.4 Å². The average molecular weight is 410 g/mol. The smallest absolute Gasteiger partial charge is 0.371 e. The highest BCUT2D eigenvalue weighted by molar-refractivity contribution is 6.07. The number of aromatic carboxylic acids is 1. The summed E-state index contributed by atoms with van der Waals surface area (Å²) in [6.45, 7) is 6.23. The van der Waals surface area contributed by atoms with Crippen molar-refractivity contribution in [1.29, 1.82) is 0 Å². The number of carboxylic acid groups (broad SMARTS) is 1. The molecule has 9 nitrogen and oxygen atoms in total. The van der Waals surface area contributed by atoms with E-state index >= 15 is 0 Å². The van der Waals surface area contributed by atoms with Gasteiger partial charge in [-0.05, 0) is 35.2 Å². The van der Waals surface area contributed by atoms with Gasteiger partial charge in [0.25, 0.3) is 11.8 Å². The van der Waals surface area contributed by atoms with Gasteiger partial charge in [-0.1, -0.05) is 32.9 Å². The lowest BCUT2D eigenvalue weighted by atomic mass is 9.87. The Balaban J connectivity index is 1.80. The Kier molecular flexibility index (Phi) is 5.46. The summed E-state index contributed by atoms with van der Waals surface area (Å²) in [7, 11) is 0. The van der Waals surface area contributed by atoms with Gasteiger partial charge in [0.05, 0.1) is 6.42 Å². The molecule has 2 amide bonds. The van der Waals surface area contributed by atoms with Gasteiger partial charge in [-0.25, -0.2) is 9.78 Å². The SMILES string of the molecule is CC(C)(C)c1ccc(C(=O)Nc2[nH]c(Cc3ccc(C(=O)O)o3)nc2C(N)=O)cc1. The zero-order valence-corrected chi connectivity index (χ0v) is 16.8. The highest BCUT2D eigenvalue weighted by Gasteiger charge is 2.20. The second-order valence-electron chi connectivity index (χ2n) is 7.80. The molecular weight excluding hydrogens is 388 g/mol. The van der Waals surface area contributed by atoms with Gasteiger partial charge < -0.3 is 25.6 Å². The van der Waals surface area contributed by atoms with Crippen LogP contribution >= 0.6 is 0 Å². The molecule has 0 bridgehead atoms. The summed E-state index contributed by atoms with van der Waals surface area (Å²) in [5.74, 6) is -1.97. The molecule has 0 fully saturated rings. The molecule has 0 radical (unpaired) electrons. The number of amides is 2. The second-order valence-corrected chi connectivity index (χ2v) is 7.80. The first kappa shape index (κ1) is 20.8. The lowest BCUT2D eigenvalue weighted by molar-refractivity contribution is 0.0660. The maximum atomic E-state index is 12.6. The molecule has 30 heavy (non-hydrogen) atoms. The first-order chi connectivity index (χ1) is 14.0. The number of nitrogens with zero attached hydrogens (tertiary/aromatic N) is 1. The third kappa shape index (κ3) is 4.57. The molecule has 0 spiro atoms. The van der Waals surface area contributed by atoms with Crippen molar-refractivity contribution in [2.75, 3.05) is 5.32 Å². The van der Waals surface area contributed by atoms with Gasteiger partial charge in [-0.15, -0.1) is 0 Å². The normalized spacial score (nSPS) is 11.3. The molecule has 0 unspecified atom stereocenters. The third-order valence-corrected chi connectivity index (χ3v) is 4.45. The van der Waals surface area contributed by atoms with Crippen molar-refractivity contribution in [3.05, 3.63) is 70.6 Å². The Morgan fingerprint density at radius 2 is 1.80 bits per heavy atom. The van der Waals surface area contributed by atoms with E-state index in [-0.39, 0.29) is 34.9 Å². The van der Waals surface area contributed by atoms with Crippen LogP contribution in [-0.2, 0) is 11.8 Å². The van der Waals surface area contributed by atoms with Crippen LogP contribution in [0.2, 0.25) is 0 Å². The summed E-state index contributed by atoms with van der Waals surface area (Å²) in [6, 6.07) is 9.96. The summed E-state index contributed by atoms with van der Waals surface area (Å²) in [5, 5.41) is 11.5. The Morgan fingerprint density at radius 1 is 1.13 bits per heavy atom. The molecule has 156 valence electrons. The van der Waals surface area contributed by atoms with Crippen molar-refractivity contribution in [3.63, 3.8) is 0 Å². The fourth-order valence-corrected chi connectivity index (χ4v) is 2.83. The molecule has 1 aromatic carbocycles. The summed E-state index contributed by atoms with van der Waals surface area (Å²) in [5.41, 5.74) is 6.69. The van der Waals surface area contributed by atoms with E-state index in [0.717, 1.165) is 5.56 Å². The topological polar surface area (TPSA) is 151 Å². The summed E-state index contributed by atoms with van der Waals surface area (Å²) in [4.78, 5) is 42.2. The minimum atomic E-state index is -1.19. The van der Waals surface area contributed by atoms with Crippen LogP contribution in [0.3, 0.4) is 0 Å². The molecule has 3 aromatic rings. The third-order valence-electron chi connectivity index (χ3n) is 4.45. The standard InChI is InChI=1S/C21H22N4O5/c1-21(2,3)12-6-4-11(5-7-12)19(27)25-18-16(17(22)26)23-15(24-18)10-13-8-9-14(30-13)20(28)29/h4-9H,10H2,1-3H3,(H2,22,26)(H,23,24)(H,25,27)(H,28,29). The number of primary amides is 1. The number of rotatable bonds is 6. The van der Waals surface area contributed by atoms with Crippen LogP contribution in [0.5, 0.6) is 0 Å². The summed E-state index contributed by atoms with van der Waals surface area (Å²) < 4.78 is 5.18. The van der Waals surface area contributed by atoms with E-state index in [1.807, 2.05) is 12.1 Å². The Bertz CT molecular complexity index is 1100.